The van der Waals surface area contributed by atoms with Crippen LogP contribution in [0.1, 0.15) is 19.4 Å². The second-order valence-corrected chi connectivity index (χ2v) is 12.1. The van der Waals surface area contributed by atoms with Crippen molar-refractivity contribution in [2.75, 3.05) is 21.9 Å². The van der Waals surface area contributed by atoms with Gasteiger partial charge in [-0.2, -0.15) is 0 Å². The summed E-state index contributed by atoms with van der Waals surface area (Å²) in [7, 11) is -3.90. The number of hydrogen-bond donors (Lipinski definition) is 1. The normalized spacial score (nSPS) is 15.8. The van der Waals surface area contributed by atoms with E-state index in [1.165, 1.54) is 27.8 Å². The minimum absolute atomic E-state index is 0.148. The second kappa shape index (κ2) is 9.70. The summed E-state index contributed by atoms with van der Waals surface area (Å²) < 4.78 is 34.8. The van der Waals surface area contributed by atoms with Crippen molar-refractivity contribution in [3.8, 4) is 5.75 Å². The maximum atomic E-state index is 13.4. The van der Waals surface area contributed by atoms with Crippen molar-refractivity contribution < 1.29 is 17.9 Å². The van der Waals surface area contributed by atoms with Crippen LogP contribution in [0.15, 0.2) is 57.8 Å². The molecule has 2 heterocycles. The zero-order chi connectivity index (χ0) is 23.6. The zero-order valence-corrected chi connectivity index (χ0v) is 20.8. The van der Waals surface area contributed by atoms with Crippen LogP contribution in [-0.4, -0.2) is 42.9 Å². The number of rotatable bonds is 7. The van der Waals surface area contributed by atoms with Gasteiger partial charge >= 0.3 is 0 Å². The Morgan fingerprint density at radius 2 is 2.00 bits per heavy atom. The zero-order valence-electron chi connectivity index (χ0n) is 18.4. The number of thioether (sulfide) groups is 1. The number of anilines is 2. The van der Waals surface area contributed by atoms with E-state index in [0.717, 1.165) is 15.7 Å². The summed E-state index contributed by atoms with van der Waals surface area (Å²) in [4.78, 5) is 13.2. The van der Waals surface area contributed by atoms with Gasteiger partial charge in [-0.05, 0) is 42.7 Å². The summed E-state index contributed by atoms with van der Waals surface area (Å²) >= 11 is 2.86. The van der Waals surface area contributed by atoms with E-state index in [4.69, 9.17) is 4.74 Å². The second-order valence-electron chi connectivity index (χ2n) is 7.99. The summed E-state index contributed by atoms with van der Waals surface area (Å²) in [6, 6.07) is 13.4. The van der Waals surface area contributed by atoms with Gasteiger partial charge in [0.05, 0.1) is 17.1 Å². The first-order valence-corrected chi connectivity index (χ1v) is 13.6. The number of ether oxygens (including phenoxy) is 1. The van der Waals surface area contributed by atoms with Crippen LogP contribution in [0.3, 0.4) is 0 Å². The number of carbonyl (C=O) groups excluding carboxylic acids is 1. The molecular weight excluding hydrogens is 480 g/mol. The summed E-state index contributed by atoms with van der Waals surface area (Å²) in [5.74, 6) is 1.26. The highest BCUT2D eigenvalue weighted by Gasteiger charge is 2.38. The van der Waals surface area contributed by atoms with Crippen LogP contribution in [-0.2, 0) is 14.8 Å². The molecule has 1 amide bonds. The lowest BCUT2D eigenvalue weighted by atomic mass is 10.1. The topological polar surface area (TPSA) is 101 Å². The molecule has 1 aliphatic rings. The molecule has 1 atom stereocenters. The monoisotopic (exact) mass is 504 g/mol. The van der Waals surface area contributed by atoms with Crippen molar-refractivity contribution >= 4 is 49.8 Å². The molecule has 0 bridgehead atoms. The fraction of sp³-hybridized carbons (Fsp3) is 0.318. The van der Waals surface area contributed by atoms with Crippen LogP contribution in [0.4, 0.5) is 10.8 Å². The molecule has 11 heteroatoms. The third-order valence-electron chi connectivity index (χ3n) is 4.78. The Morgan fingerprint density at radius 3 is 2.73 bits per heavy atom. The Morgan fingerprint density at radius 1 is 1.24 bits per heavy atom. The number of nitrogens with one attached hydrogen (secondary N) is 1. The summed E-state index contributed by atoms with van der Waals surface area (Å²) in [5, 5.41) is 11.2. The SMILES string of the molecule is Cc1ccc2c(c1)N(S(=O)(=O)c1ccccc1)C[C@@H](C(=O)Nc1nnc(SCC(C)C)s1)O2. The molecule has 0 aliphatic carbocycles. The van der Waals surface area contributed by atoms with E-state index >= 15 is 0 Å². The van der Waals surface area contributed by atoms with Crippen LogP contribution in [0, 0.1) is 12.8 Å². The molecule has 3 aromatic rings. The fourth-order valence-corrected chi connectivity index (χ4v) is 6.41. The minimum Gasteiger partial charge on any atom is -0.476 e. The van der Waals surface area contributed by atoms with Crippen molar-refractivity contribution in [1.82, 2.24) is 10.2 Å². The molecular formula is C22H24N4O4S3. The van der Waals surface area contributed by atoms with Crippen LogP contribution in [0.5, 0.6) is 5.75 Å². The summed E-state index contributed by atoms with van der Waals surface area (Å²) in [5.41, 5.74) is 1.29. The van der Waals surface area contributed by atoms with Gasteiger partial charge in [-0.3, -0.25) is 14.4 Å². The van der Waals surface area contributed by atoms with E-state index in [9.17, 15) is 13.2 Å². The molecule has 2 aromatic carbocycles. The van der Waals surface area contributed by atoms with Gasteiger partial charge in [-0.25, -0.2) is 8.42 Å². The number of aryl methyl sites for hydroxylation is 1. The lowest BCUT2D eigenvalue weighted by Gasteiger charge is -2.34. The number of carbonyl (C=O) groups is 1. The predicted octanol–water partition coefficient (Wildman–Crippen LogP) is 4.19. The number of aromatic nitrogens is 2. The van der Waals surface area contributed by atoms with Gasteiger partial charge < -0.3 is 4.74 Å². The summed E-state index contributed by atoms with van der Waals surface area (Å²) in [6.45, 7) is 5.95. The number of amides is 1. The maximum Gasteiger partial charge on any atom is 0.269 e. The smallest absolute Gasteiger partial charge is 0.269 e. The first kappa shape index (κ1) is 23.5. The van der Waals surface area contributed by atoms with Crippen LogP contribution in [0.2, 0.25) is 0 Å². The van der Waals surface area contributed by atoms with Gasteiger partial charge in [0.15, 0.2) is 10.4 Å². The van der Waals surface area contributed by atoms with Crippen molar-refractivity contribution in [1.29, 1.82) is 0 Å². The van der Waals surface area contributed by atoms with Crippen LogP contribution < -0.4 is 14.4 Å². The first-order valence-electron chi connectivity index (χ1n) is 10.4. The van der Waals surface area contributed by atoms with Gasteiger partial charge in [-0.1, -0.05) is 61.2 Å². The Kier molecular flexibility index (Phi) is 6.91. The number of nitrogens with zero attached hydrogens (tertiary/aromatic N) is 3. The number of benzene rings is 2. The number of hydrogen-bond acceptors (Lipinski definition) is 8. The van der Waals surface area contributed by atoms with Crippen LogP contribution in [0.25, 0.3) is 0 Å². The van der Waals surface area contributed by atoms with E-state index in [0.29, 0.717) is 22.5 Å². The van der Waals surface area contributed by atoms with E-state index in [2.05, 4.69) is 29.4 Å². The Bertz CT molecular complexity index is 1250. The number of sulfonamides is 1. The molecule has 8 nitrogen and oxygen atoms in total. The Hall–Kier alpha value is -2.63. The molecule has 0 spiro atoms. The van der Waals surface area contributed by atoms with E-state index < -0.39 is 22.0 Å². The third kappa shape index (κ3) is 5.31. The highest BCUT2D eigenvalue weighted by molar-refractivity contribution is 8.01. The van der Waals surface area contributed by atoms with Gasteiger partial charge in [0, 0.05) is 5.75 Å². The van der Waals surface area contributed by atoms with Crippen molar-refractivity contribution in [3.05, 3.63) is 54.1 Å². The van der Waals surface area contributed by atoms with Gasteiger partial charge in [0.1, 0.15) is 5.75 Å². The van der Waals surface area contributed by atoms with Gasteiger partial charge in [0.25, 0.3) is 15.9 Å². The van der Waals surface area contributed by atoms with Crippen LogP contribution >= 0.6 is 23.1 Å². The summed E-state index contributed by atoms with van der Waals surface area (Å²) in [6.07, 6.45) is -1.05. The molecule has 33 heavy (non-hydrogen) atoms. The molecule has 0 saturated heterocycles. The molecule has 4 rings (SSSR count). The lowest BCUT2D eigenvalue weighted by Crippen LogP contribution is -2.48. The van der Waals surface area contributed by atoms with E-state index in [1.807, 2.05) is 13.0 Å². The maximum absolute atomic E-state index is 13.4. The molecule has 1 aromatic heterocycles. The molecule has 1 N–H and O–H groups in total. The van der Waals surface area contributed by atoms with Gasteiger partial charge in [0.2, 0.25) is 5.13 Å². The molecule has 1 aliphatic heterocycles. The molecule has 0 saturated carbocycles. The average molecular weight is 505 g/mol. The predicted molar refractivity (Wildman–Crippen MR) is 131 cm³/mol. The molecule has 0 fully saturated rings. The first-order chi connectivity index (χ1) is 15.7. The third-order valence-corrected chi connectivity index (χ3v) is 8.98. The molecule has 0 unspecified atom stereocenters. The Balaban J connectivity index is 1.58. The largest absolute Gasteiger partial charge is 0.476 e. The lowest BCUT2D eigenvalue weighted by molar-refractivity contribution is -0.122. The quantitative estimate of drug-likeness (QED) is 0.380. The van der Waals surface area contributed by atoms with Crippen molar-refractivity contribution in [3.63, 3.8) is 0 Å². The van der Waals surface area contributed by atoms with E-state index in [1.54, 1.807) is 42.1 Å². The molecule has 174 valence electrons. The molecule has 0 radical (unpaired) electrons. The highest BCUT2D eigenvalue weighted by Crippen LogP contribution is 2.38. The van der Waals surface area contributed by atoms with Crippen molar-refractivity contribution in [2.24, 2.45) is 5.92 Å². The number of fused-ring (bicyclic) bond motifs is 1. The van der Waals surface area contributed by atoms with Gasteiger partial charge in [-0.15, -0.1) is 10.2 Å². The average Bonchev–Trinajstić information content (AvgIpc) is 3.24. The Labute approximate surface area is 201 Å². The minimum atomic E-state index is -3.90. The fourth-order valence-electron chi connectivity index (χ4n) is 3.19. The van der Waals surface area contributed by atoms with Crippen molar-refractivity contribution in [2.45, 2.75) is 36.1 Å². The van der Waals surface area contributed by atoms with E-state index in [-0.39, 0.29) is 11.4 Å². The standard InChI is InChI=1S/C22H24N4O4S3/c1-14(2)13-31-22-25-24-21(32-22)23-20(27)19-12-26(17-11-15(3)9-10-18(17)30-19)33(28,29)16-7-5-4-6-8-16/h4-11,14,19H,12-13H2,1-3H3,(H,23,24,27)/t19-/m0/s1. The highest BCUT2D eigenvalue weighted by atomic mass is 32.2.